The number of carbonyl (C=O) groups is 1. The molecule has 1 heterocycles. The minimum atomic E-state index is -0.263. The number of hydrogen-bond acceptors (Lipinski definition) is 2. The molecule has 1 amide bonds. The van der Waals surface area contributed by atoms with E-state index in [9.17, 15) is 9.18 Å². The van der Waals surface area contributed by atoms with Crippen LogP contribution in [0.25, 0.3) is 10.1 Å². The Morgan fingerprint density at radius 1 is 1.29 bits per heavy atom. The molecule has 0 spiro atoms. The summed E-state index contributed by atoms with van der Waals surface area (Å²) in [6.07, 6.45) is 5.59. The van der Waals surface area contributed by atoms with Crippen molar-refractivity contribution in [3.05, 3.63) is 35.0 Å². The molecule has 1 aliphatic rings. The third-order valence-corrected chi connectivity index (χ3v) is 6.32. The van der Waals surface area contributed by atoms with Gasteiger partial charge in [0.2, 0.25) is 0 Å². The molecule has 112 valence electrons. The molecule has 0 bridgehead atoms. The predicted octanol–water partition coefficient (Wildman–Crippen LogP) is 4.87. The van der Waals surface area contributed by atoms with Gasteiger partial charge in [0.15, 0.2) is 0 Å². The zero-order valence-corrected chi connectivity index (χ0v) is 14.0. The molecule has 1 aromatic carbocycles. The van der Waals surface area contributed by atoms with E-state index in [1.54, 1.807) is 6.07 Å². The Hall–Kier alpha value is -0.940. The van der Waals surface area contributed by atoms with Gasteiger partial charge in [0.1, 0.15) is 5.82 Å². The summed E-state index contributed by atoms with van der Waals surface area (Å²) >= 11 is 4.90. The van der Waals surface area contributed by atoms with Crippen LogP contribution >= 0.6 is 27.3 Å². The van der Waals surface area contributed by atoms with E-state index < -0.39 is 0 Å². The van der Waals surface area contributed by atoms with Crippen LogP contribution in [0, 0.1) is 5.82 Å². The Bertz CT molecular complexity index is 663. The summed E-state index contributed by atoms with van der Waals surface area (Å²) in [6.45, 7) is 0. The van der Waals surface area contributed by atoms with Crippen molar-refractivity contribution < 1.29 is 9.18 Å². The van der Waals surface area contributed by atoms with E-state index in [2.05, 4.69) is 21.2 Å². The molecule has 2 aromatic rings. The average Bonchev–Trinajstić information content (AvgIpc) is 2.91. The minimum absolute atomic E-state index is 0.0436. The Labute approximate surface area is 135 Å². The first-order valence-corrected chi connectivity index (χ1v) is 9.13. The third-order valence-electron chi connectivity index (χ3n) is 4.15. The Balaban J connectivity index is 1.82. The smallest absolute Gasteiger partial charge is 0.261 e. The van der Waals surface area contributed by atoms with Crippen molar-refractivity contribution in [1.29, 1.82) is 0 Å². The lowest BCUT2D eigenvalue weighted by Crippen LogP contribution is -2.51. The number of rotatable bonds is 3. The molecule has 3 rings (SSSR count). The zero-order chi connectivity index (χ0) is 14.9. The van der Waals surface area contributed by atoms with Gasteiger partial charge >= 0.3 is 0 Å². The second-order valence-electron chi connectivity index (χ2n) is 5.72. The van der Waals surface area contributed by atoms with E-state index in [4.69, 9.17) is 0 Å². The lowest BCUT2D eigenvalue weighted by molar-refractivity contribution is 0.0891. The number of halogens is 2. The van der Waals surface area contributed by atoms with Crippen molar-refractivity contribution in [2.24, 2.45) is 0 Å². The van der Waals surface area contributed by atoms with Gasteiger partial charge < -0.3 is 5.32 Å². The number of thiophene rings is 1. The molecular formula is C16H17BrFNOS. The fourth-order valence-corrected chi connectivity index (χ4v) is 4.62. The van der Waals surface area contributed by atoms with E-state index in [0.717, 1.165) is 41.1 Å². The zero-order valence-electron chi connectivity index (χ0n) is 11.6. The molecule has 21 heavy (non-hydrogen) atoms. The van der Waals surface area contributed by atoms with Gasteiger partial charge in [-0.3, -0.25) is 4.79 Å². The molecule has 1 saturated carbocycles. The quantitative estimate of drug-likeness (QED) is 0.768. The monoisotopic (exact) mass is 369 g/mol. The van der Waals surface area contributed by atoms with Gasteiger partial charge in [-0.05, 0) is 36.4 Å². The van der Waals surface area contributed by atoms with Crippen LogP contribution < -0.4 is 5.32 Å². The van der Waals surface area contributed by atoms with Gasteiger partial charge in [-0.25, -0.2) is 4.39 Å². The van der Waals surface area contributed by atoms with Crippen molar-refractivity contribution in [2.45, 2.75) is 37.6 Å². The van der Waals surface area contributed by atoms with E-state index in [0.29, 0.717) is 4.88 Å². The number of hydrogen-bond donors (Lipinski definition) is 1. The lowest BCUT2D eigenvalue weighted by Gasteiger charge is -2.36. The normalized spacial score (nSPS) is 17.8. The summed E-state index contributed by atoms with van der Waals surface area (Å²) in [6, 6.07) is 6.48. The highest BCUT2D eigenvalue weighted by molar-refractivity contribution is 9.09. The summed E-state index contributed by atoms with van der Waals surface area (Å²) in [7, 11) is 0. The topological polar surface area (TPSA) is 29.1 Å². The molecule has 1 N–H and O–H groups in total. The van der Waals surface area contributed by atoms with Crippen molar-refractivity contribution >= 4 is 43.3 Å². The number of alkyl halides is 1. The Morgan fingerprint density at radius 3 is 2.76 bits per heavy atom. The lowest BCUT2D eigenvalue weighted by atomic mass is 9.83. The van der Waals surface area contributed by atoms with Gasteiger partial charge in [0, 0.05) is 10.0 Å². The first-order valence-electron chi connectivity index (χ1n) is 7.19. The molecule has 5 heteroatoms. The Kier molecular flexibility index (Phi) is 4.31. The van der Waals surface area contributed by atoms with Crippen molar-refractivity contribution in [1.82, 2.24) is 5.32 Å². The number of benzene rings is 1. The second-order valence-corrected chi connectivity index (χ2v) is 7.37. The highest BCUT2D eigenvalue weighted by Crippen LogP contribution is 2.31. The molecule has 1 aliphatic carbocycles. The van der Waals surface area contributed by atoms with Crippen molar-refractivity contribution in [3.8, 4) is 0 Å². The number of nitrogens with one attached hydrogen (secondary N) is 1. The van der Waals surface area contributed by atoms with Crippen LogP contribution in [0.15, 0.2) is 24.3 Å². The van der Waals surface area contributed by atoms with Crippen LogP contribution in [0.3, 0.4) is 0 Å². The summed E-state index contributed by atoms with van der Waals surface area (Å²) in [5, 5.41) is 4.91. The first kappa shape index (κ1) is 15.0. The van der Waals surface area contributed by atoms with Gasteiger partial charge in [-0.2, -0.15) is 0 Å². The number of fused-ring (bicyclic) bond motifs is 1. The maximum Gasteiger partial charge on any atom is 0.261 e. The largest absolute Gasteiger partial charge is 0.345 e. The standard InChI is InChI=1S/C16H17BrFNOS/c17-10-16(6-2-1-3-7-16)19-15(20)14-8-11-4-5-12(18)9-13(11)21-14/h4-5,8-9H,1-3,6-7,10H2,(H,19,20). The maximum absolute atomic E-state index is 13.2. The van der Waals surface area contributed by atoms with Crippen molar-refractivity contribution in [2.75, 3.05) is 5.33 Å². The number of amides is 1. The molecule has 0 saturated heterocycles. The summed E-state index contributed by atoms with van der Waals surface area (Å²) in [5.74, 6) is -0.307. The maximum atomic E-state index is 13.2. The van der Waals surface area contributed by atoms with Crippen LogP contribution in [-0.2, 0) is 0 Å². The van der Waals surface area contributed by atoms with E-state index in [-0.39, 0.29) is 17.3 Å². The molecule has 0 radical (unpaired) electrons. The van der Waals surface area contributed by atoms with Gasteiger partial charge in [0.25, 0.3) is 5.91 Å². The van der Waals surface area contributed by atoms with Crippen LogP contribution in [-0.4, -0.2) is 16.8 Å². The number of carbonyl (C=O) groups excluding carboxylic acids is 1. The first-order chi connectivity index (χ1) is 10.1. The van der Waals surface area contributed by atoms with Gasteiger partial charge in [-0.1, -0.05) is 41.3 Å². The summed E-state index contributed by atoms with van der Waals surface area (Å²) < 4.78 is 14.1. The molecular weight excluding hydrogens is 353 g/mol. The highest BCUT2D eigenvalue weighted by atomic mass is 79.9. The minimum Gasteiger partial charge on any atom is -0.345 e. The fourth-order valence-electron chi connectivity index (χ4n) is 2.94. The van der Waals surface area contributed by atoms with E-state index in [1.807, 2.05) is 6.07 Å². The van der Waals surface area contributed by atoms with Crippen LogP contribution in [0.4, 0.5) is 4.39 Å². The summed E-state index contributed by atoms with van der Waals surface area (Å²) in [5.41, 5.74) is -0.128. The van der Waals surface area contributed by atoms with Crippen molar-refractivity contribution in [3.63, 3.8) is 0 Å². The average molecular weight is 370 g/mol. The van der Waals surface area contributed by atoms with Crippen LogP contribution in [0.1, 0.15) is 41.8 Å². The molecule has 0 unspecified atom stereocenters. The SMILES string of the molecule is O=C(NC1(CBr)CCCCC1)c1cc2ccc(F)cc2s1. The van der Waals surface area contributed by atoms with Gasteiger partial charge in [-0.15, -0.1) is 11.3 Å². The summed E-state index contributed by atoms with van der Waals surface area (Å²) in [4.78, 5) is 13.2. The van der Waals surface area contributed by atoms with Gasteiger partial charge in [0.05, 0.1) is 10.4 Å². The molecule has 1 aromatic heterocycles. The predicted molar refractivity (Wildman–Crippen MR) is 88.9 cm³/mol. The van der Waals surface area contributed by atoms with Crippen LogP contribution in [0.2, 0.25) is 0 Å². The Morgan fingerprint density at radius 2 is 2.05 bits per heavy atom. The molecule has 1 fully saturated rings. The molecule has 0 atom stereocenters. The fraction of sp³-hybridized carbons (Fsp3) is 0.438. The second kappa shape index (κ2) is 6.05. The van der Waals surface area contributed by atoms with Crippen LogP contribution in [0.5, 0.6) is 0 Å². The van der Waals surface area contributed by atoms with E-state index >= 15 is 0 Å². The van der Waals surface area contributed by atoms with E-state index in [1.165, 1.54) is 29.9 Å². The molecule has 0 aliphatic heterocycles. The third kappa shape index (κ3) is 3.14. The highest BCUT2D eigenvalue weighted by Gasteiger charge is 2.33. The molecule has 2 nitrogen and oxygen atoms in total.